The van der Waals surface area contributed by atoms with Crippen LogP contribution >= 0.6 is 17.1 Å². The van der Waals surface area contributed by atoms with E-state index in [9.17, 15) is 0 Å². The van der Waals surface area contributed by atoms with E-state index < -0.39 is 24.2 Å². The van der Waals surface area contributed by atoms with Gasteiger partial charge in [0, 0.05) is 39.8 Å². The van der Waals surface area contributed by atoms with Gasteiger partial charge < -0.3 is 31.9 Å². The zero-order chi connectivity index (χ0) is 19.6. The maximum absolute atomic E-state index is 6.00. The van der Waals surface area contributed by atoms with Crippen molar-refractivity contribution in [2.45, 2.75) is 0 Å². The summed E-state index contributed by atoms with van der Waals surface area (Å²) >= 11 is 0. The van der Waals surface area contributed by atoms with Crippen molar-refractivity contribution < 1.29 is 22.7 Å². The molecule has 0 N–H and O–H groups in total. The molecule has 0 amide bonds. The molecule has 0 heterocycles. The highest BCUT2D eigenvalue weighted by Gasteiger charge is 2.41. The Morgan fingerprint density at radius 3 is 1.26 bits per heavy atom. The summed E-state index contributed by atoms with van der Waals surface area (Å²) in [6.07, 6.45) is 0. The molecule has 0 aliphatic rings. The number of nitrogens with zero attached hydrogens (tertiary/aromatic N) is 2. The molecule has 0 unspecified atom stereocenters. The lowest BCUT2D eigenvalue weighted by atomic mass is 9.99. The quantitative estimate of drug-likeness (QED) is 0.309. The molecule has 2 rings (SSSR count). The van der Waals surface area contributed by atoms with Crippen LogP contribution in [0.5, 0.6) is 0 Å². The number of hydrogen-bond donors (Lipinski definition) is 0. The van der Waals surface area contributed by atoms with E-state index in [1.54, 1.807) is 35.5 Å². The van der Waals surface area contributed by atoms with Gasteiger partial charge in [-0.3, -0.25) is 0 Å². The molecule has 0 aliphatic heterocycles. The molecule has 27 heavy (non-hydrogen) atoms. The molecule has 0 aromatic heterocycles. The van der Waals surface area contributed by atoms with E-state index in [2.05, 4.69) is 0 Å². The second-order valence-corrected chi connectivity index (χ2v) is 8.74. The molecular weight excluding hydrogens is 385 g/mol. The summed E-state index contributed by atoms with van der Waals surface area (Å²) in [6.45, 7) is 0. The number of rotatable bonds is 11. The molecular formula is C17H26BN2O5P2. The van der Waals surface area contributed by atoms with Crippen molar-refractivity contribution in [3.8, 4) is 0 Å². The van der Waals surface area contributed by atoms with E-state index in [1.165, 1.54) is 0 Å². The molecule has 0 saturated heterocycles. The molecule has 1 radical (unpaired) electrons. The van der Waals surface area contributed by atoms with Gasteiger partial charge in [-0.2, -0.15) is 0 Å². The Kier molecular flexibility index (Phi) is 9.45. The van der Waals surface area contributed by atoms with Crippen molar-refractivity contribution in [1.29, 1.82) is 0 Å². The lowest BCUT2D eigenvalue weighted by molar-refractivity contribution is 0.332. The zero-order valence-corrected chi connectivity index (χ0v) is 18.1. The normalized spacial score (nSPS) is 11.4. The van der Waals surface area contributed by atoms with Gasteiger partial charge in [0.1, 0.15) is 7.11 Å². The summed E-state index contributed by atoms with van der Waals surface area (Å²) in [5.74, 6) is 0. The van der Waals surface area contributed by atoms with Gasteiger partial charge in [0.25, 0.3) is 17.1 Å². The first kappa shape index (κ1) is 22.1. The van der Waals surface area contributed by atoms with Crippen LogP contribution in [-0.2, 0) is 22.7 Å². The number of para-hydroxylation sites is 2. The van der Waals surface area contributed by atoms with Gasteiger partial charge >= 0.3 is 7.19 Å². The molecule has 0 aliphatic carbocycles. The maximum Gasteiger partial charge on any atom is 0.561 e. The van der Waals surface area contributed by atoms with E-state index in [4.69, 9.17) is 22.7 Å². The first-order valence-electron chi connectivity index (χ1n) is 8.36. The fourth-order valence-corrected chi connectivity index (χ4v) is 5.52. The SMILES string of the molecule is COP(OC)N([BH-]([O+]C)N(c1ccccc1)P(OC)OC)c1ccccc1. The van der Waals surface area contributed by atoms with E-state index in [1.807, 2.05) is 69.8 Å². The van der Waals surface area contributed by atoms with Crippen LogP contribution in [0.1, 0.15) is 0 Å². The monoisotopic (exact) mass is 411 g/mol. The summed E-state index contributed by atoms with van der Waals surface area (Å²) < 4.78 is 32.6. The van der Waals surface area contributed by atoms with E-state index >= 15 is 0 Å². The Morgan fingerprint density at radius 2 is 1.00 bits per heavy atom. The minimum absolute atomic E-state index is 0.928. The average Bonchev–Trinajstić information content (AvgIpc) is 2.74. The lowest BCUT2D eigenvalue weighted by Crippen LogP contribution is -2.51. The minimum Gasteiger partial charge on any atom is -0.384 e. The Bertz CT molecular complexity index is 595. The van der Waals surface area contributed by atoms with Gasteiger partial charge in [-0.15, -0.1) is 0 Å². The van der Waals surface area contributed by atoms with Gasteiger partial charge in [-0.25, -0.2) is 0 Å². The topological polar surface area (TPSA) is 54.7 Å². The molecule has 0 spiro atoms. The molecule has 7 nitrogen and oxygen atoms in total. The third kappa shape index (κ3) is 5.40. The number of benzene rings is 2. The Morgan fingerprint density at radius 1 is 0.667 bits per heavy atom. The highest BCUT2D eigenvalue weighted by atomic mass is 31.2. The molecule has 0 atom stereocenters. The maximum atomic E-state index is 6.00. The van der Waals surface area contributed by atoms with Crippen LogP contribution in [0, 0.1) is 0 Å². The van der Waals surface area contributed by atoms with Gasteiger partial charge in [0.15, 0.2) is 0 Å². The van der Waals surface area contributed by atoms with E-state index in [0.29, 0.717) is 0 Å². The van der Waals surface area contributed by atoms with Crippen LogP contribution in [0.25, 0.3) is 0 Å². The van der Waals surface area contributed by atoms with Crippen LogP contribution in [0.2, 0.25) is 0 Å². The van der Waals surface area contributed by atoms with Crippen LogP contribution in [0.15, 0.2) is 60.7 Å². The highest BCUT2D eigenvalue weighted by molar-refractivity contribution is 7.56. The molecule has 2 aromatic carbocycles. The number of hydrogen-bond acceptors (Lipinski definition) is 7. The van der Waals surface area contributed by atoms with Gasteiger partial charge in [0.05, 0.1) is 0 Å². The van der Waals surface area contributed by atoms with E-state index in [-0.39, 0.29) is 0 Å². The smallest absolute Gasteiger partial charge is 0.384 e. The van der Waals surface area contributed by atoms with Crippen molar-refractivity contribution in [2.75, 3.05) is 44.7 Å². The molecule has 0 saturated carbocycles. The minimum atomic E-state index is -1.65. The number of anilines is 2. The van der Waals surface area contributed by atoms with Gasteiger partial charge in [0.2, 0.25) is 0 Å². The van der Waals surface area contributed by atoms with Crippen molar-refractivity contribution >= 4 is 35.6 Å². The Hall–Kier alpha value is -1.24. The summed E-state index contributed by atoms with van der Waals surface area (Å²) in [5, 5.41) is 0. The predicted octanol–water partition coefficient (Wildman–Crippen LogP) is 4.40. The summed E-state index contributed by atoms with van der Waals surface area (Å²) in [6, 6.07) is 19.8. The molecule has 0 bridgehead atoms. The first-order chi connectivity index (χ1) is 13.2. The van der Waals surface area contributed by atoms with Gasteiger partial charge in [-0.05, 0) is 24.3 Å². The summed E-state index contributed by atoms with van der Waals surface area (Å²) in [4.78, 5) is 0. The van der Waals surface area contributed by atoms with Gasteiger partial charge in [-0.1, -0.05) is 36.4 Å². The highest BCUT2D eigenvalue weighted by Crippen LogP contribution is 2.51. The third-order valence-electron chi connectivity index (χ3n) is 3.90. The molecule has 147 valence electrons. The lowest BCUT2D eigenvalue weighted by Gasteiger charge is -2.43. The van der Waals surface area contributed by atoms with Crippen molar-refractivity contribution in [3.63, 3.8) is 0 Å². The standard InChI is InChI=1S/C17H26BN2O5P2/c1-21-18(19(26(22-2)23-3)16-12-8-6-9-13-16)20(27(24-4)25-5)17-14-10-7-11-15-17/h6-15,18H,1-5H3. The summed E-state index contributed by atoms with van der Waals surface area (Å²) in [7, 11) is 3.73. The second-order valence-electron chi connectivity index (χ2n) is 5.36. The van der Waals surface area contributed by atoms with Crippen LogP contribution < -0.4 is 9.16 Å². The second kappa shape index (κ2) is 11.6. The van der Waals surface area contributed by atoms with Crippen molar-refractivity contribution in [1.82, 2.24) is 0 Å². The molecule has 0 fully saturated rings. The largest absolute Gasteiger partial charge is 0.561 e. The fraction of sp³-hybridized carbons (Fsp3) is 0.294. The zero-order valence-electron chi connectivity index (χ0n) is 16.3. The Balaban J connectivity index is 2.56. The summed E-state index contributed by atoms with van der Waals surface area (Å²) in [5.41, 5.74) is 1.86. The van der Waals surface area contributed by atoms with Crippen molar-refractivity contribution in [2.24, 2.45) is 0 Å². The van der Waals surface area contributed by atoms with Crippen LogP contribution in [0.4, 0.5) is 11.4 Å². The first-order valence-corrected chi connectivity index (χ1v) is 10.6. The molecule has 10 heteroatoms. The van der Waals surface area contributed by atoms with Crippen LogP contribution in [0.3, 0.4) is 0 Å². The van der Waals surface area contributed by atoms with Crippen LogP contribution in [-0.4, -0.2) is 42.7 Å². The van der Waals surface area contributed by atoms with E-state index in [0.717, 1.165) is 11.4 Å². The third-order valence-corrected chi connectivity index (χ3v) is 6.88. The van der Waals surface area contributed by atoms with Crippen molar-refractivity contribution in [3.05, 3.63) is 60.7 Å². The average molecular weight is 411 g/mol. The fourth-order valence-electron chi connectivity index (χ4n) is 2.81. The Labute approximate surface area is 164 Å². The predicted molar refractivity (Wildman–Crippen MR) is 114 cm³/mol. The molecule has 2 aromatic rings.